The topological polar surface area (TPSA) is 78.4 Å². The molecule has 1 N–H and O–H groups in total. The van der Waals surface area contributed by atoms with Crippen molar-refractivity contribution >= 4 is 51.6 Å². The Morgan fingerprint density at radius 1 is 1.19 bits per heavy atom. The molecule has 0 spiro atoms. The second kappa shape index (κ2) is 9.21. The summed E-state index contributed by atoms with van der Waals surface area (Å²) in [6, 6.07) is 10.7. The fourth-order valence-corrected chi connectivity index (χ4v) is 4.55. The number of pyridine rings is 1. The normalized spacial score (nSPS) is 13.7. The third kappa shape index (κ3) is 4.81. The first-order valence-electron chi connectivity index (χ1n) is 9.58. The van der Waals surface area contributed by atoms with Gasteiger partial charge in [0.15, 0.2) is 5.13 Å². The number of nitrogens with zero attached hydrogens (tertiary/aromatic N) is 4. The molecular weight excluding hydrogens is 457 g/mol. The first kappa shape index (κ1) is 21.5. The average Bonchev–Trinajstić information content (AvgIpc) is 3.32. The van der Waals surface area contributed by atoms with Crippen molar-refractivity contribution in [3.05, 3.63) is 74.5 Å². The van der Waals surface area contributed by atoms with Gasteiger partial charge in [-0.3, -0.25) is 14.7 Å². The van der Waals surface area contributed by atoms with Crippen molar-refractivity contribution in [1.29, 1.82) is 0 Å². The Labute approximate surface area is 193 Å². The first-order chi connectivity index (χ1) is 14.9. The van der Waals surface area contributed by atoms with E-state index in [-0.39, 0.29) is 11.9 Å². The molecule has 0 bridgehead atoms. The summed E-state index contributed by atoms with van der Waals surface area (Å²) in [7, 11) is 0. The van der Waals surface area contributed by atoms with Crippen molar-refractivity contribution in [2.75, 3.05) is 18.0 Å². The number of thiazole rings is 1. The summed E-state index contributed by atoms with van der Waals surface area (Å²) in [6.45, 7) is 3.57. The quantitative estimate of drug-likeness (QED) is 0.567. The minimum Gasteiger partial charge on any atom is -0.346 e. The molecule has 3 amide bonds. The second-order valence-electron chi connectivity index (χ2n) is 7.02. The van der Waals surface area contributed by atoms with Crippen LogP contribution in [-0.2, 0) is 13.1 Å². The molecule has 7 nitrogen and oxygen atoms in total. The fourth-order valence-electron chi connectivity index (χ4n) is 3.23. The molecule has 0 aliphatic carbocycles. The van der Waals surface area contributed by atoms with E-state index in [4.69, 9.17) is 23.2 Å². The van der Waals surface area contributed by atoms with Crippen LogP contribution in [0.2, 0.25) is 10.0 Å². The standard InChI is InChI=1S/C21H19Cl2N5O2S/c1-13-18(19(29)25-11-15-4-2-3-7-24-15)31-20(26-13)28-9-8-27(21(28)30)12-14-5-6-16(22)17(23)10-14/h2-7,10H,8-9,11-12H2,1H3,(H,25,29). The molecule has 1 aromatic carbocycles. The van der Waals surface area contributed by atoms with Crippen LogP contribution in [0.25, 0.3) is 0 Å². The van der Waals surface area contributed by atoms with Crippen LogP contribution >= 0.6 is 34.5 Å². The maximum Gasteiger partial charge on any atom is 0.326 e. The van der Waals surface area contributed by atoms with Crippen LogP contribution in [0.5, 0.6) is 0 Å². The molecule has 1 aliphatic heterocycles. The Kier molecular flexibility index (Phi) is 6.41. The number of amides is 3. The Morgan fingerprint density at radius 3 is 2.77 bits per heavy atom. The smallest absolute Gasteiger partial charge is 0.326 e. The predicted octanol–water partition coefficient (Wildman–Crippen LogP) is 4.53. The highest BCUT2D eigenvalue weighted by Gasteiger charge is 2.32. The van der Waals surface area contributed by atoms with Crippen molar-refractivity contribution in [1.82, 2.24) is 20.2 Å². The number of hydrogen-bond donors (Lipinski definition) is 1. The molecular formula is C21H19Cl2N5O2S. The summed E-state index contributed by atoms with van der Waals surface area (Å²) in [5, 5.41) is 4.31. The molecule has 0 radical (unpaired) electrons. The lowest BCUT2D eigenvalue weighted by Crippen LogP contribution is -2.31. The van der Waals surface area contributed by atoms with E-state index in [1.54, 1.807) is 35.1 Å². The first-order valence-corrected chi connectivity index (χ1v) is 11.2. The molecule has 0 atom stereocenters. The average molecular weight is 476 g/mol. The molecule has 0 saturated carbocycles. The van der Waals surface area contributed by atoms with Gasteiger partial charge in [0.1, 0.15) is 4.88 Å². The van der Waals surface area contributed by atoms with Gasteiger partial charge in [-0.05, 0) is 36.8 Å². The maximum absolute atomic E-state index is 12.9. The lowest BCUT2D eigenvalue weighted by atomic mass is 10.2. The highest BCUT2D eigenvalue weighted by molar-refractivity contribution is 7.17. The largest absolute Gasteiger partial charge is 0.346 e. The van der Waals surface area contributed by atoms with Crippen LogP contribution < -0.4 is 10.2 Å². The minimum absolute atomic E-state index is 0.153. The maximum atomic E-state index is 12.9. The number of rotatable bonds is 6. The summed E-state index contributed by atoms with van der Waals surface area (Å²) < 4.78 is 0. The van der Waals surface area contributed by atoms with Gasteiger partial charge in [0.25, 0.3) is 5.91 Å². The summed E-state index contributed by atoms with van der Waals surface area (Å²) >= 11 is 13.3. The summed E-state index contributed by atoms with van der Waals surface area (Å²) in [5.74, 6) is -0.230. The zero-order chi connectivity index (χ0) is 22.0. The number of hydrogen-bond acceptors (Lipinski definition) is 5. The van der Waals surface area contributed by atoms with Crippen molar-refractivity contribution in [2.24, 2.45) is 0 Å². The Bertz CT molecular complexity index is 1120. The molecule has 1 saturated heterocycles. The van der Waals surface area contributed by atoms with Crippen LogP contribution in [0, 0.1) is 6.92 Å². The number of benzene rings is 1. The van der Waals surface area contributed by atoms with E-state index < -0.39 is 0 Å². The van der Waals surface area contributed by atoms with Crippen LogP contribution in [0.15, 0.2) is 42.6 Å². The Balaban J connectivity index is 1.42. The van der Waals surface area contributed by atoms with Crippen LogP contribution in [0.4, 0.5) is 9.93 Å². The van der Waals surface area contributed by atoms with Gasteiger partial charge >= 0.3 is 6.03 Å². The van der Waals surface area contributed by atoms with E-state index in [2.05, 4.69) is 15.3 Å². The van der Waals surface area contributed by atoms with Crippen molar-refractivity contribution < 1.29 is 9.59 Å². The predicted molar refractivity (Wildman–Crippen MR) is 122 cm³/mol. The number of carbonyl (C=O) groups excluding carboxylic acids is 2. The molecule has 1 fully saturated rings. The molecule has 3 aromatic rings. The number of urea groups is 1. The van der Waals surface area contributed by atoms with E-state index in [0.717, 1.165) is 11.3 Å². The zero-order valence-electron chi connectivity index (χ0n) is 16.6. The molecule has 31 heavy (non-hydrogen) atoms. The molecule has 10 heteroatoms. The zero-order valence-corrected chi connectivity index (χ0v) is 19.0. The summed E-state index contributed by atoms with van der Waals surface area (Å²) in [4.78, 5) is 38.0. The Morgan fingerprint density at radius 2 is 2.03 bits per heavy atom. The van der Waals surface area contributed by atoms with Gasteiger partial charge in [-0.2, -0.15) is 0 Å². The number of carbonyl (C=O) groups is 2. The van der Waals surface area contributed by atoms with Crippen LogP contribution in [0.1, 0.15) is 26.6 Å². The van der Waals surface area contributed by atoms with Crippen LogP contribution in [-0.4, -0.2) is 39.9 Å². The fraction of sp³-hybridized carbons (Fsp3) is 0.238. The molecule has 160 valence electrons. The number of aryl methyl sites for hydroxylation is 1. The molecule has 2 aromatic heterocycles. The third-order valence-electron chi connectivity index (χ3n) is 4.83. The van der Waals surface area contributed by atoms with Gasteiger partial charge in [-0.25, -0.2) is 9.78 Å². The third-order valence-corrected chi connectivity index (χ3v) is 6.75. The number of anilines is 1. The second-order valence-corrected chi connectivity index (χ2v) is 8.81. The van der Waals surface area contributed by atoms with Crippen molar-refractivity contribution in [2.45, 2.75) is 20.0 Å². The van der Waals surface area contributed by atoms with Crippen molar-refractivity contribution in [3.63, 3.8) is 0 Å². The summed E-state index contributed by atoms with van der Waals surface area (Å²) in [6.07, 6.45) is 1.68. The van der Waals surface area contributed by atoms with Gasteiger partial charge in [0.2, 0.25) is 0 Å². The van der Waals surface area contributed by atoms with Gasteiger partial charge in [0, 0.05) is 25.8 Å². The van der Waals surface area contributed by atoms with Gasteiger partial charge in [-0.15, -0.1) is 0 Å². The Hall–Kier alpha value is -2.68. The number of aromatic nitrogens is 2. The van der Waals surface area contributed by atoms with E-state index in [1.165, 1.54) is 11.3 Å². The lowest BCUT2D eigenvalue weighted by Gasteiger charge is -2.17. The highest BCUT2D eigenvalue weighted by Crippen LogP contribution is 2.30. The molecule has 1 aliphatic rings. The monoisotopic (exact) mass is 475 g/mol. The van der Waals surface area contributed by atoms with Crippen LogP contribution in [0.3, 0.4) is 0 Å². The SMILES string of the molecule is Cc1nc(N2CCN(Cc3ccc(Cl)c(Cl)c3)C2=O)sc1C(=O)NCc1ccccn1. The number of nitrogens with one attached hydrogen (secondary N) is 1. The minimum atomic E-state index is -0.230. The van der Waals surface area contributed by atoms with E-state index in [1.807, 2.05) is 24.3 Å². The molecule has 0 unspecified atom stereocenters. The number of halogens is 2. The lowest BCUT2D eigenvalue weighted by molar-refractivity contribution is 0.0953. The highest BCUT2D eigenvalue weighted by atomic mass is 35.5. The van der Waals surface area contributed by atoms with Crippen molar-refractivity contribution in [3.8, 4) is 0 Å². The van der Waals surface area contributed by atoms with E-state index in [9.17, 15) is 9.59 Å². The molecule has 4 rings (SSSR count). The van der Waals surface area contributed by atoms with Gasteiger partial charge in [0.05, 0.1) is 28.0 Å². The van der Waals surface area contributed by atoms with E-state index >= 15 is 0 Å². The summed E-state index contributed by atoms with van der Waals surface area (Å²) in [5.41, 5.74) is 2.26. The molecule has 3 heterocycles. The van der Waals surface area contributed by atoms with Gasteiger partial charge in [-0.1, -0.05) is 46.7 Å². The van der Waals surface area contributed by atoms with Gasteiger partial charge < -0.3 is 10.2 Å². The van der Waals surface area contributed by atoms with E-state index in [0.29, 0.717) is 51.9 Å².